The molecule has 6 fully saturated rings. The molecule has 5 saturated heterocycles. The molecule has 0 spiro atoms. The Morgan fingerprint density at radius 1 is 0.897 bits per heavy atom. The number of benzene rings is 2. The lowest BCUT2D eigenvalue weighted by Gasteiger charge is -2.54. The van der Waals surface area contributed by atoms with Crippen LogP contribution < -0.4 is 10.2 Å². The lowest BCUT2D eigenvalue weighted by atomic mass is 9.57. The molecule has 1 N–H and O–H groups in total. The van der Waals surface area contributed by atoms with Crippen LogP contribution in [0.1, 0.15) is 44.1 Å². The lowest BCUT2D eigenvalue weighted by molar-refractivity contribution is -0.129. The van der Waals surface area contributed by atoms with Crippen LogP contribution in [0.2, 0.25) is 0 Å². The fourth-order valence-electron chi connectivity index (χ4n) is 10.7. The maximum atomic E-state index is 15.0. The summed E-state index contributed by atoms with van der Waals surface area (Å²) < 4.78 is 52.3. The molecule has 2 aromatic rings. The molecule has 58 heavy (non-hydrogen) atoms. The van der Waals surface area contributed by atoms with Gasteiger partial charge in [0.2, 0.25) is 5.91 Å². The van der Waals surface area contributed by atoms with Gasteiger partial charge in [-0.15, -0.1) is 0 Å². The second kappa shape index (κ2) is 18.0. The number of nitrogens with zero attached hydrogens (tertiary/aromatic N) is 5. The molecule has 0 unspecified atom stereocenters. The van der Waals surface area contributed by atoms with Crippen LogP contribution in [0.15, 0.2) is 65.6 Å². The van der Waals surface area contributed by atoms with Crippen molar-refractivity contribution in [3.8, 4) is 0 Å². The van der Waals surface area contributed by atoms with Crippen molar-refractivity contribution in [3.63, 3.8) is 0 Å². The Labute approximate surface area is 343 Å². The number of hydrogen-bond acceptors (Lipinski definition) is 10. The molecule has 0 aromatic heterocycles. The Hall–Kier alpha value is -3.56. The quantitative estimate of drug-likeness (QED) is 0.281. The molecule has 14 heteroatoms. The van der Waals surface area contributed by atoms with Gasteiger partial charge in [-0.2, -0.15) is 0 Å². The molecular formula is C44H61FN6O6S. The van der Waals surface area contributed by atoms with E-state index in [-0.39, 0.29) is 42.2 Å². The maximum Gasteiger partial charge on any atom is 0.407 e. The number of sulfone groups is 1. The van der Waals surface area contributed by atoms with Crippen molar-refractivity contribution in [2.45, 2.75) is 60.1 Å². The van der Waals surface area contributed by atoms with Gasteiger partial charge in [0.05, 0.1) is 25.2 Å². The van der Waals surface area contributed by atoms with Crippen LogP contribution in [0.5, 0.6) is 0 Å². The van der Waals surface area contributed by atoms with Gasteiger partial charge in [0.1, 0.15) is 11.1 Å². The van der Waals surface area contributed by atoms with Gasteiger partial charge in [-0.1, -0.05) is 24.6 Å². The molecule has 6 aliphatic rings. The van der Waals surface area contributed by atoms with E-state index in [1.165, 1.54) is 13.5 Å². The normalized spacial score (nSPS) is 25.6. The van der Waals surface area contributed by atoms with E-state index in [0.29, 0.717) is 36.5 Å². The molecule has 2 aromatic carbocycles. The first kappa shape index (κ1) is 41.2. The molecule has 0 radical (unpaired) electrons. The molecule has 12 nitrogen and oxygen atoms in total. The Morgan fingerprint density at radius 2 is 1.64 bits per heavy atom. The van der Waals surface area contributed by atoms with Crippen molar-refractivity contribution in [1.82, 2.24) is 24.9 Å². The summed E-state index contributed by atoms with van der Waals surface area (Å²) in [7, 11) is -2.11. The van der Waals surface area contributed by atoms with Gasteiger partial charge >= 0.3 is 6.09 Å². The number of alkyl carbamates (subject to hydrolysis) is 1. The number of ether oxygens (including phenoxy) is 2. The third-order valence-electron chi connectivity index (χ3n) is 14.1. The molecule has 316 valence electrons. The number of likely N-dealkylation sites (tertiary alicyclic amines) is 3. The van der Waals surface area contributed by atoms with E-state index in [0.717, 1.165) is 109 Å². The Morgan fingerprint density at radius 3 is 2.31 bits per heavy atom. The standard InChI is InChI=1S/C44H61FN6O6S/c1-56-43(53)46-41-9-3-8-40(41)44(32-49-18-5-19-49,35-6-2-7-36(45)26-35)34-15-20-48(21-16-34)27-33-28-50(29-33)37-11-13-38(14-12-37)58(54,55)39-30-51(31-39)42(52)10-4-17-47-22-24-57-25-23-47/h2,4,6-7,10-14,26,33-34,39-41H,3,5,8-9,15-25,27-32H2,1H3,(H,46,53)/b10-4+/t40-,41-,44+/m0/s1. The molecule has 5 heterocycles. The molecule has 2 amide bonds. The van der Waals surface area contributed by atoms with E-state index in [9.17, 15) is 18.0 Å². The fraction of sp³-hybridized carbons (Fsp3) is 0.636. The third kappa shape index (κ3) is 8.82. The van der Waals surface area contributed by atoms with Crippen molar-refractivity contribution in [2.24, 2.45) is 17.8 Å². The van der Waals surface area contributed by atoms with E-state index in [1.54, 1.807) is 35.2 Å². The first-order valence-corrected chi connectivity index (χ1v) is 23.1. The summed E-state index contributed by atoms with van der Waals surface area (Å²) in [6, 6.07) is 14.6. The first-order chi connectivity index (χ1) is 28.1. The van der Waals surface area contributed by atoms with E-state index < -0.39 is 21.2 Å². The minimum absolute atomic E-state index is 0.0111. The topological polar surface area (TPSA) is 115 Å². The van der Waals surface area contributed by atoms with Crippen molar-refractivity contribution < 1.29 is 31.9 Å². The van der Waals surface area contributed by atoms with Crippen molar-refractivity contribution in [2.75, 3.05) is 110 Å². The van der Waals surface area contributed by atoms with Crippen LogP contribution in [0.25, 0.3) is 0 Å². The second-order valence-electron chi connectivity index (χ2n) is 17.5. The summed E-state index contributed by atoms with van der Waals surface area (Å²) in [5.74, 6) is 0.732. The average molecular weight is 821 g/mol. The summed E-state index contributed by atoms with van der Waals surface area (Å²) in [6.45, 7) is 12.1. The molecule has 5 aliphatic heterocycles. The van der Waals surface area contributed by atoms with Crippen LogP contribution in [0, 0.1) is 23.6 Å². The van der Waals surface area contributed by atoms with Crippen molar-refractivity contribution >= 4 is 27.5 Å². The number of carbonyl (C=O) groups is 2. The summed E-state index contributed by atoms with van der Waals surface area (Å²) in [5, 5.41) is 2.60. The van der Waals surface area contributed by atoms with Crippen LogP contribution in [0.4, 0.5) is 14.9 Å². The van der Waals surface area contributed by atoms with Gasteiger partial charge in [-0.3, -0.25) is 9.69 Å². The highest BCUT2D eigenvalue weighted by Crippen LogP contribution is 2.51. The SMILES string of the molecule is COC(=O)N[C@H]1CCC[C@@H]1[C@@](CN1CCC1)(c1cccc(F)c1)C1CCN(CC2CN(c3ccc(S(=O)(=O)C4CN(C(=O)/C=C/CN5CCOCC5)C4)cc3)C2)CC1. The summed E-state index contributed by atoms with van der Waals surface area (Å²) in [5.41, 5.74) is 1.82. The van der Waals surface area contributed by atoms with Crippen LogP contribution >= 0.6 is 0 Å². The highest BCUT2D eigenvalue weighted by atomic mass is 32.2. The number of piperidine rings is 1. The second-order valence-corrected chi connectivity index (χ2v) is 19.8. The van der Waals surface area contributed by atoms with Gasteiger partial charge in [-0.05, 0) is 112 Å². The number of rotatable bonds is 14. The predicted octanol–water partition coefficient (Wildman–Crippen LogP) is 4.02. The molecular weight excluding hydrogens is 760 g/mol. The van der Waals surface area contributed by atoms with E-state index >= 15 is 4.39 Å². The monoisotopic (exact) mass is 820 g/mol. The molecule has 3 atom stereocenters. The van der Waals surface area contributed by atoms with Crippen molar-refractivity contribution in [3.05, 3.63) is 72.1 Å². The van der Waals surface area contributed by atoms with Gasteiger partial charge in [-0.25, -0.2) is 17.6 Å². The minimum Gasteiger partial charge on any atom is -0.453 e. The number of hydrogen-bond donors (Lipinski definition) is 1. The Bertz CT molecular complexity index is 1870. The van der Waals surface area contributed by atoms with Crippen LogP contribution in [-0.2, 0) is 29.5 Å². The molecule has 1 aliphatic carbocycles. The Kier molecular flexibility index (Phi) is 12.8. The number of nitrogens with one attached hydrogen (secondary N) is 1. The highest BCUT2D eigenvalue weighted by Gasteiger charge is 2.53. The number of methoxy groups -OCH3 is 1. The zero-order chi connectivity index (χ0) is 40.3. The van der Waals surface area contributed by atoms with Gasteiger partial charge in [0.15, 0.2) is 9.84 Å². The zero-order valence-corrected chi connectivity index (χ0v) is 34.8. The average Bonchev–Trinajstić information content (AvgIpc) is 3.64. The fourth-order valence-corrected chi connectivity index (χ4v) is 12.3. The minimum atomic E-state index is -3.53. The van der Waals surface area contributed by atoms with Gasteiger partial charge in [0.25, 0.3) is 0 Å². The number of halogens is 1. The first-order valence-electron chi connectivity index (χ1n) is 21.5. The number of anilines is 1. The van der Waals surface area contributed by atoms with Crippen molar-refractivity contribution in [1.29, 1.82) is 0 Å². The molecule has 1 saturated carbocycles. The molecule has 8 rings (SSSR count). The molecule has 0 bridgehead atoms. The Balaban J connectivity index is 0.839. The van der Waals surface area contributed by atoms with Gasteiger partial charge in [0, 0.05) is 88.0 Å². The van der Waals surface area contributed by atoms with E-state index in [1.807, 2.05) is 24.3 Å². The summed E-state index contributed by atoms with van der Waals surface area (Å²) in [4.78, 5) is 36.7. The predicted molar refractivity (Wildman–Crippen MR) is 221 cm³/mol. The van der Waals surface area contributed by atoms with E-state index in [2.05, 4.69) is 31.0 Å². The smallest absolute Gasteiger partial charge is 0.407 e. The lowest BCUT2D eigenvalue weighted by Crippen LogP contribution is -2.60. The number of carbonyl (C=O) groups excluding carboxylic acids is 2. The van der Waals surface area contributed by atoms with E-state index in [4.69, 9.17) is 9.47 Å². The van der Waals surface area contributed by atoms with Crippen LogP contribution in [0.3, 0.4) is 0 Å². The van der Waals surface area contributed by atoms with Crippen LogP contribution in [-0.4, -0.2) is 157 Å². The highest BCUT2D eigenvalue weighted by molar-refractivity contribution is 7.92. The summed E-state index contributed by atoms with van der Waals surface area (Å²) in [6.07, 6.45) is 9.19. The number of morpholine rings is 1. The summed E-state index contributed by atoms with van der Waals surface area (Å²) >= 11 is 0. The zero-order valence-electron chi connectivity index (χ0n) is 34.0. The maximum absolute atomic E-state index is 15.0. The number of amides is 2. The largest absolute Gasteiger partial charge is 0.453 e. The van der Waals surface area contributed by atoms with Gasteiger partial charge < -0.3 is 34.4 Å². The third-order valence-corrected chi connectivity index (χ3v) is 16.2.